The first-order valence-corrected chi connectivity index (χ1v) is 11.7. The summed E-state index contributed by atoms with van der Waals surface area (Å²) in [6.07, 6.45) is 14.2. The van der Waals surface area contributed by atoms with Crippen molar-refractivity contribution in [1.82, 2.24) is 0 Å². The zero-order valence-corrected chi connectivity index (χ0v) is 18.5. The Kier molecular flexibility index (Phi) is 7.02. The fourth-order valence-electron chi connectivity index (χ4n) is 5.04. The summed E-state index contributed by atoms with van der Waals surface area (Å²) in [6.45, 7) is 7.64. The van der Waals surface area contributed by atoms with Crippen LogP contribution in [0.1, 0.15) is 56.1 Å². The summed E-state index contributed by atoms with van der Waals surface area (Å²) in [6, 6.07) is 18.1. The second kappa shape index (κ2) is 10.1. The van der Waals surface area contributed by atoms with Crippen LogP contribution in [0.4, 0.5) is 4.39 Å². The first-order valence-electron chi connectivity index (χ1n) is 11.7. The smallest absolute Gasteiger partial charge is 0.138 e. The molecule has 0 atom stereocenters. The van der Waals surface area contributed by atoms with Gasteiger partial charge in [0.25, 0.3) is 0 Å². The van der Waals surface area contributed by atoms with Crippen LogP contribution < -0.4 is 0 Å². The summed E-state index contributed by atoms with van der Waals surface area (Å²) in [5, 5.41) is 1.57. The van der Waals surface area contributed by atoms with Crippen LogP contribution in [0, 0.1) is 17.7 Å². The van der Waals surface area contributed by atoms with Crippen LogP contribution in [0.2, 0.25) is 0 Å². The molecule has 0 saturated heterocycles. The van der Waals surface area contributed by atoms with E-state index >= 15 is 4.39 Å². The molecule has 0 bridgehead atoms. The Balaban J connectivity index is 1.38. The maximum atomic E-state index is 15.2. The van der Waals surface area contributed by atoms with Crippen molar-refractivity contribution in [3.8, 4) is 11.1 Å². The lowest BCUT2D eigenvalue weighted by atomic mass is 9.78. The number of halogens is 1. The molecule has 0 spiro atoms. The van der Waals surface area contributed by atoms with Gasteiger partial charge in [0.15, 0.2) is 0 Å². The number of hydrogen-bond donors (Lipinski definition) is 0. The number of rotatable bonds is 8. The normalized spacial score (nSPS) is 18.7. The van der Waals surface area contributed by atoms with E-state index in [1.807, 2.05) is 30.3 Å². The van der Waals surface area contributed by atoms with Crippen molar-refractivity contribution in [2.75, 3.05) is 0 Å². The van der Waals surface area contributed by atoms with Crippen molar-refractivity contribution >= 4 is 16.8 Å². The van der Waals surface area contributed by atoms with E-state index in [4.69, 9.17) is 0 Å². The van der Waals surface area contributed by atoms with Crippen LogP contribution in [0.5, 0.6) is 0 Å². The summed E-state index contributed by atoms with van der Waals surface area (Å²) in [7, 11) is 0. The summed E-state index contributed by atoms with van der Waals surface area (Å²) in [5.74, 6) is 1.63. The molecule has 0 N–H and O–H groups in total. The summed E-state index contributed by atoms with van der Waals surface area (Å²) in [4.78, 5) is 0. The van der Waals surface area contributed by atoms with Gasteiger partial charge in [-0.15, -0.1) is 6.58 Å². The van der Waals surface area contributed by atoms with Gasteiger partial charge in [-0.25, -0.2) is 4.39 Å². The third kappa shape index (κ3) is 5.15. The Bertz CT molecular complexity index is 1040. The molecule has 1 fully saturated rings. The maximum Gasteiger partial charge on any atom is 0.138 e. The van der Waals surface area contributed by atoms with E-state index in [1.165, 1.54) is 44.1 Å². The van der Waals surface area contributed by atoms with E-state index < -0.39 is 0 Å². The molecule has 0 unspecified atom stereocenters. The van der Waals surface area contributed by atoms with E-state index in [1.54, 1.807) is 6.08 Å². The Labute approximate surface area is 186 Å². The van der Waals surface area contributed by atoms with Gasteiger partial charge in [-0.1, -0.05) is 92.9 Å². The third-order valence-corrected chi connectivity index (χ3v) is 7.07. The molecule has 0 heterocycles. The molecule has 0 aromatic heterocycles. The van der Waals surface area contributed by atoms with Crippen LogP contribution in [-0.4, -0.2) is 0 Å². The average molecular weight is 413 g/mol. The highest BCUT2D eigenvalue weighted by atomic mass is 19.1. The van der Waals surface area contributed by atoms with Gasteiger partial charge in [0, 0.05) is 10.9 Å². The zero-order valence-electron chi connectivity index (χ0n) is 18.5. The monoisotopic (exact) mass is 412 g/mol. The molecule has 0 aliphatic heterocycles. The molecule has 3 aromatic carbocycles. The van der Waals surface area contributed by atoms with Crippen molar-refractivity contribution in [2.45, 2.75) is 51.4 Å². The summed E-state index contributed by atoms with van der Waals surface area (Å²) < 4.78 is 15.2. The lowest BCUT2D eigenvalue weighted by Gasteiger charge is -2.28. The fourth-order valence-corrected chi connectivity index (χ4v) is 5.04. The Hall–Kier alpha value is -2.67. The first-order chi connectivity index (χ1) is 15.2. The second-order valence-electron chi connectivity index (χ2n) is 9.10. The van der Waals surface area contributed by atoms with Gasteiger partial charge in [0.05, 0.1) is 0 Å². The van der Waals surface area contributed by atoms with Crippen LogP contribution in [-0.2, 0) is 6.42 Å². The van der Waals surface area contributed by atoms with Gasteiger partial charge in [-0.05, 0) is 65.7 Å². The summed E-state index contributed by atoms with van der Waals surface area (Å²) in [5.41, 5.74) is 3.98. The average Bonchev–Trinajstić information content (AvgIpc) is 2.82. The van der Waals surface area contributed by atoms with Crippen molar-refractivity contribution < 1.29 is 4.39 Å². The largest absolute Gasteiger partial charge is 0.206 e. The third-order valence-electron chi connectivity index (χ3n) is 7.07. The molecule has 4 rings (SSSR count). The molecular weight excluding hydrogens is 379 g/mol. The van der Waals surface area contributed by atoms with Crippen molar-refractivity contribution in [2.24, 2.45) is 11.8 Å². The Morgan fingerprint density at radius 2 is 1.55 bits per heavy atom. The predicted molar refractivity (Wildman–Crippen MR) is 133 cm³/mol. The van der Waals surface area contributed by atoms with E-state index in [2.05, 4.69) is 43.5 Å². The van der Waals surface area contributed by atoms with E-state index in [-0.39, 0.29) is 5.82 Å². The van der Waals surface area contributed by atoms with Crippen molar-refractivity contribution in [3.63, 3.8) is 0 Å². The predicted octanol–water partition coefficient (Wildman–Crippen LogP) is 8.99. The molecule has 1 saturated carbocycles. The van der Waals surface area contributed by atoms with E-state index in [0.717, 1.165) is 41.2 Å². The molecule has 0 nitrogen and oxygen atoms in total. The molecule has 1 aliphatic carbocycles. The highest BCUT2D eigenvalue weighted by molar-refractivity contribution is 5.89. The van der Waals surface area contributed by atoms with E-state index in [0.29, 0.717) is 10.9 Å². The zero-order chi connectivity index (χ0) is 21.6. The fraction of sp³-hybridized carbons (Fsp3) is 0.333. The highest BCUT2D eigenvalue weighted by Gasteiger charge is 2.20. The van der Waals surface area contributed by atoms with Crippen LogP contribution >= 0.6 is 0 Å². The van der Waals surface area contributed by atoms with Crippen LogP contribution in [0.3, 0.4) is 0 Å². The van der Waals surface area contributed by atoms with Crippen molar-refractivity contribution in [3.05, 3.63) is 90.8 Å². The molecule has 160 valence electrons. The molecule has 3 aromatic rings. The lowest BCUT2D eigenvalue weighted by Crippen LogP contribution is -2.15. The molecule has 1 aliphatic rings. The minimum Gasteiger partial charge on any atom is -0.206 e. The van der Waals surface area contributed by atoms with Gasteiger partial charge in [0.1, 0.15) is 5.82 Å². The molecule has 0 amide bonds. The van der Waals surface area contributed by atoms with Gasteiger partial charge in [-0.3, -0.25) is 0 Å². The van der Waals surface area contributed by atoms with Crippen LogP contribution in [0.25, 0.3) is 28.0 Å². The highest BCUT2D eigenvalue weighted by Crippen LogP contribution is 2.34. The molecule has 1 heteroatoms. The standard InChI is InChI=1S/C30H33F/c1-3-5-6-23-7-9-24(10-8-23)11-12-25-13-16-26(17-14-25)28-20-18-27-21-22(4-2)15-19-29(27)30(28)31/h3-4,13-21,23-24H,1-2,5-12H2. The first kappa shape index (κ1) is 21.6. The maximum absolute atomic E-state index is 15.2. The number of allylic oxidation sites excluding steroid dienone is 1. The lowest BCUT2D eigenvalue weighted by molar-refractivity contribution is 0.254. The quantitative estimate of drug-likeness (QED) is 0.324. The van der Waals surface area contributed by atoms with Gasteiger partial charge in [-0.2, -0.15) is 0 Å². The van der Waals surface area contributed by atoms with Gasteiger partial charge >= 0.3 is 0 Å². The number of hydrogen-bond acceptors (Lipinski definition) is 0. The molecular formula is C30H33F. The topological polar surface area (TPSA) is 0 Å². The molecule has 0 radical (unpaired) electrons. The Morgan fingerprint density at radius 3 is 2.23 bits per heavy atom. The minimum absolute atomic E-state index is 0.144. The minimum atomic E-state index is -0.144. The Morgan fingerprint density at radius 1 is 0.839 bits per heavy atom. The second-order valence-corrected chi connectivity index (χ2v) is 9.10. The number of benzene rings is 3. The van der Waals surface area contributed by atoms with Crippen molar-refractivity contribution in [1.29, 1.82) is 0 Å². The number of aryl methyl sites for hydroxylation is 1. The SMILES string of the molecule is C=CCCC1CCC(CCc2ccc(-c3ccc4cc(C=C)ccc4c3F)cc2)CC1. The van der Waals surface area contributed by atoms with Crippen LogP contribution in [0.15, 0.2) is 73.8 Å². The van der Waals surface area contributed by atoms with Gasteiger partial charge < -0.3 is 0 Å². The van der Waals surface area contributed by atoms with Gasteiger partial charge in [0.2, 0.25) is 0 Å². The number of fused-ring (bicyclic) bond motifs is 1. The van der Waals surface area contributed by atoms with E-state index in [9.17, 15) is 0 Å². The molecule has 31 heavy (non-hydrogen) atoms. The summed E-state index contributed by atoms with van der Waals surface area (Å²) >= 11 is 0.